The molecule has 0 radical (unpaired) electrons. The van der Waals surface area contributed by atoms with Gasteiger partial charge in [-0.15, -0.1) is 0 Å². The van der Waals surface area contributed by atoms with Gasteiger partial charge in [0.2, 0.25) is 0 Å². The second-order valence-electron chi connectivity index (χ2n) is 6.40. The van der Waals surface area contributed by atoms with Crippen LogP contribution in [-0.4, -0.2) is 26.3 Å². The molecule has 1 unspecified atom stereocenters. The van der Waals surface area contributed by atoms with Gasteiger partial charge in [-0.3, -0.25) is 14.8 Å². The molecule has 6 heteroatoms. The Labute approximate surface area is 165 Å². The van der Waals surface area contributed by atoms with E-state index in [2.05, 4.69) is 26.2 Å². The zero-order valence-electron chi connectivity index (χ0n) is 15.8. The van der Waals surface area contributed by atoms with Gasteiger partial charge in [-0.25, -0.2) is 4.21 Å². The van der Waals surface area contributed by atoms with Crippen molar-refractivity contribution in [1.29, 1.82) is 0 Å². The number of pyridine rings is 2. The fourth-order valence-corrected chi connectivity index (χ4v) is 3.66. The van der Waals surface area contributed by atoms with Crippen LogP contribution in [0.5, 0.6) is 0 Å². The minimum atomic E-state index is -2.86. The summed E-state index contributed by atoms with van der Waals surface area (Å²) in [4.78, 5) is 21.2. The topological polar surface area (TPSA) is 72.3 Å². The normalized spacial score (nSPS) is 12.4. The van der Waals surface area contributed by atoms with Crippen molar-refractivity contribution in [3.05, 3.63) is 89.0 Å². The maximum Gasteiger partial charge on any atom is 0.286 e. The van der Waals surface area contributed by atoms with E-state index in [1.165, 1.54) is 12.5 Å². The van der Waals surface area contributed by atoms with Gasteiger partial charge in [0.05, 0.1) is 15.3 Å². The lowest BCUT2D eigenvalue weighted by Gasteiger charge is -2.07. The maximum absolute atomic E-state index is 13.0. The predicted octanol–water partition coefficient (Wildman–Crippen LogP) is 3.79. The number of carbonyl (C=O) groups excluding carboxylic acids is 1. The van der Waals surface area contributed by atoms with Crippen molar-refractivity contribution in [3.63, 3.8) is 0 Å². The molecule has 140 valence electrons. The van der Waals surface area contributed by atoms with Gasteiger partial charge in [0, 0.05) is 47.1 Å². The van der Waals surface area contributed by atoms with E-state index in [0.29, 0.717) is 10.5 Å². The third-order valence-corrected chi connectivity index (χ3v) is 5.81. The van der Waals surface area contributed by atoms with Gasteiger partial charge in [0.25, 0.3) is 5.91 Å². The average Bonchev–Trinajstić information content (AvgIpc) is 2.69. The van der Waals surface area contributed by atoms with Gasteiger partial charge in [0.15, 0.2) is 0 Å². The van der Waals surface area contributed by atoms with Crippen LogP contribution >= 0.6 is 0 Å². The molecule has 1 aromatic carbocycles. The van der Waals surface area contributed by atoms with E-state index in [1.54, 1.807) is 36.8 Å². The summed E-state index contributed by atoms with van der Waals surface area (Å²) in [6, 6.07) is 10.7. The van der Waals surface area contributed by atoms with E-state index in [4.69, 9.17) is 0 Å². The van der Waals surface area contributed by atoms with Crippen molar-refractivity contribution in [1.82, 2.24) is 9.97 Å². The molecule has 2 aromatic heterocycles. The number of amides is 1. The summed E-state index contributed by atoms with van der Waals surface area (Å²) in [7, 11) is -2.86. The summed E-state index contributed by atoms with van der Waals surface area (Å²) >= 11 is 0. The van der Waals surface area contributed by atoms with Crippen LogP contribution in [0.1, 0.15) is 32.6 Å². The van der Waals surface area contributed by atoms with E-state index in [-0.39, 0.29) is 5.56 Å². The Morgan fingerprint density at radius 2 is 1.71 bits per heavy atom. The Bertz CT molecular complexity index is 1220. The van der Waals surface area contributed by atoms with Crippen molar-refractivity contribution < 1.29 is 9.00 Å². The molecule has 0 N–H and O–H groups in total. The highest BCUT2D eigenvalue weighted by Crippen LogP contribution is 2.17. The number of aryl methyl sites for hydroxylation is 2. The SMILES string of the molecule is Cc1ccc(S(C)(=O)=NC(=O)c2cncc(C#Cc3cccnc3)c2)cc1C. The molecule has 28 heavy (non-hydrogen) atoms. The van der Waals surface area contributed by atoms with E-state index >= 15 is 0 Å². The van der Waals surface area contributed by atoms with Crippen molar-refractivity contribution in [2.45, 2.75) is 18.7 Å². The van der Waals surface area contributed by atoms with Gasteiger partial charge >= 0.3 is 0 Å². The molecular formula is C22H19N3O2S. The molecule has 0 fully saturated rings. The molecule has 0 saturated carbocycles. The summed E-state index contributed by atoms with van der Waals surface area (Å²) in [5.41, 5.74) is 3.67. The molecule has 3 aromatic rings. The van der Waals surface area contributed by atoms with Crippen LogP contribution in [0.3, 0.4) is 0 Å². The summed E-state index contributed by atoms with van der Waals surface area (Å²) in [5.74, 6) is 5.33. The molecular weight excluding hydrogens is 370 g/mol. The molecule has 1 amide bonds. The number of hydrogen-bond donors (Lipinski definition) is 0. The number of hydrogen-bond acceptors (Lipinski definition) is 4. The van der Waals surface area contributed by atoms with Crippen LogP contribution in [-0.2, 0) is 9.73 Å². The fourth-order valence-electron chi connectivity index (χ4n) is 2.42. The average molecular weight is 389 g/mol. The van der Waals surface area contributed by atoms with Gasteiger partial charge in [-0.2, -0.15) is 4.36 Å². The zero-order chi connectivity index (χ0) is 20.1. The second-order valence-corrected chi connectivity index (χ2v) is 8.66. The predicted molar refractivity (Wildman–Crippen MR) is 109 cm³/mol. The molecule has 0 spiro atoms. The highest BCUT2D eigenvalue weighted by molar-refractivity contribution is 7.93. The first-order chi connectivity index (χ1) is 13.3. The lowest BCUT2D eigenvalue weighted by molar-refractivity contribution is 0.100. The maximum atomic E-state index is 13.0. The molecule has 5 nitrogen and oxygen atoms in total. The van der Waals surface area contributed by atoms with Crippen LogP contribution in [0, 0.1) is 25.7 Å². The smallest absolute Gasteiger partial charge is 0.266 e. The quantitative estimate of drug-likeness (QED) is 0.625. The summed E-state index contributed by atoms with van der Waals surface area (Å²) in [6.07, 6.45) is 7.75. The summed E-state index contributed by atoms with van der Waals surface area (Å²) in [5, 5.41) is 0. The molecule has 0 saturated heterocycles. The Morgan fingerprint density at radius 3 is 2.43 bits per heavy atom. The number of rotatable bonds is 2. The van der Waals surface area contributed by atoms with E-state index < -0.39 is 15.6 Å². The summed E-state index contributed by atoms with van der Waals surface area (Å²) in [6.45, 7) is 3.91. The van der Waals surface area contributed by atoms with E-state index in [1.807, 2.05) is 32.0 Å². The van der Waals surface area contributed by atoms with E-state index in [0.717, 1.165) is 16.7 Å². The van der Waals surface area contributed by atoms with Gasteiger partial charge in [-0.1, -0.05) is 17.9 Å². The molecule has 0 aliphatic rings. The highest BCUT2D eigenvalue weighted by atomic mass is 32.2. The van der Waals surface area contributed by atoms with Crippen LogP contribution in [0.15, 0.2) is 70.4 Å². The van der Waals surface area contributed by atoms with Crippen molar-refractivity contribution in [2.75, 3.05) is 6.26 Å². The van der Waals surface area contributed by atoms with Crippen molar-refractivity contribution in [3.8, 4) is 11.8 Å². The lowest BCUT2D eigenvalue weighted by atomic mass is 10.1. The van der Waals surface area contributed by atoms with Gasteiger partial charge < -0.3 is 0 Å². The minimum Gasteiger partial charge on any atom is -0.266 e. The standard InChI is InChI=1S/C22H19N3O2S/c1-16-6-9-21(11-17(16)2)28(3,27)25-22(26)20-12-19(14-24-15-20)8-7-18-5-4-10-23-13-18/h4-6,9-15H,1-3H3. The Morgan fingerprint density at radius 1 is 0.964 bits per heavy atom. The second kappa shape index (κ2) is 8.15. The van der Waals surface area contributed by atoms with Crippen molar-refractivity contribution >= 4 is 15.6 Å². The first kappa shape index (κ1) is 19.5. The largest absolute Gasteiger partial charge is 0.286 e. The van der Waals surface area contributed by atoms with Crippen LogP contribution < -0.4 is 0 Å². The highest BCUT2D eigenvalue weighted by Gasteiger charge is 2.13. The summed E-state index contributed by atoms with van der Waals surface area (Å²) < 4.78 is 17.0. The van der Waals surface area contributed by atoms with Gasteiger partial charge in [-0.05, 0) is 55.3 Å². The third kappa shape index (κ3) is 4.70. The Kier molecular flexibility index (Phi) is 5.67. The molecule has 2 heterocycles. The first-order valence-electron chi connectivity index (χ1n) is 8.56. The molecule has 0 bridgehead atoms. The van der Waals surface area contributed by atoms with Crippen LogP contribution in [0.2, 0.25) is 0 Å². The lowest BCUT2D eigenvalue weighted by Crippen LogP contribution is -2.05. The molecule has 0 aliphatic carbocycles. The zero-order valence-corrected chi connectivity index (χ0v) is 16.7. The Balaban J connectivity index is 1.90. The van der Waals surface area contributed by atoms with Crippen molar-refractivity contribution in [2.24, 2.45) is 4.36 Å². The van der Waals surface area contributed by atoms with E-state index in [9.17, 15) is 9.00 Å². The fraction of sp³-hybridized carbons (Fsp3) is 0.136. The number of aromatic nitrogens is 2. The molecule has 0 aliphatic heterocycles. The number of nitrogens with zero attached hydrogens (tertiary/aromatic N) is 3. The molecule has 1 atom stereocenters. The van der Waals surface area contributed by atoms with Crippen LogP contribution in [0.25, 0.3) is 0 Å². The monoisotopic (exact) mass is 389 g/mol. The Hall–Kier alpha value is -3.30. The number of carbonyl (C=O) groups is 1. The third-order valence-electron chi connectivity index (χ3n) is 4.17. The molecule has 3 rings (SSSR count). The number of benzene rings is 1. The first-order valence-corrected chi connectivity index (χ1v) is 10.5. The van der Waals surface area contributed by atoms with Gasteiger partial charge in [0.1, 0.15) is 0 Å². The minimum absolute atomic E-state index is 0.247. The van der Waals surface area contributed by atoms with Crippen LogP contribution in [0.4, 0.5) is 0 Å².